The van der Waals surface area contributed by atoms with Gasteiger partial charge in [0.05, 0.1) is 11.3 Å². The summed E-state index contributed by atoms with van der Waals surface area (Å²) in [6, 6.07) is 2.49. The Morgan fingerprint density at radius 2 is 1.87 bits per heavy atom. The Morgan fingerprint density at radius 3 is 2.27 bits per heavy atom. The predicted molar refractivity (Wildman–Crippen MR) is 50.0 cm³/mol. The van der Waals surface area contributed by atoms with Crippen molar-refractivity contribution in [2.75, 3.05) is 0 Å². The van der Waals surface area contributed by atoms with Crippen molar-refractivity contribution in [3.05, 3.63) is 41.7 Å². The zero-order valence-electron chi connectivity index (χ0n) is 7.61. The van der Waals surface area contributed by atoms with Crippen LogP contribution in [0.2, 0.25) is 0 Å². The molecule has 0 aliphatic heterocycles. The highest BCUT2D eigenvalue weighted by Gasteiger charge is 2.33. The SMILES string of the molecule is C=NC(=C)c1ccc(C(F)(F)F)c(F)c1. The molecule has 0 amide bonds. The minimum absolute atomic E-state index is 0.127. The van der Waals surface area contributed by atoms with Crippen LogP contribution in [0.15, 0.2) is 29.8 Å². The number of alkyl halides is 3. The second-order valence-corrected chi connectivity index (χ2v) is 2.80. The van der Waals surface area contributed by atoms with Crippen LogP contribution in [-0.2, 0) is 6.18 Å². The molecule has 0 unspecified atom stereocenters. The molecule has 0 radical (unpaired) electrons. The quantitative estimate of drug-likeness (QED) is 0.531. The number of rotatable bonds is 2. The second kappa shape index (κ2) is 3.84. The molecule has 5 heteroatoms. The Bertz CT molecular complexity index is 406. The highest BCUT2D eigenvalue weighted by molar-refractivity contribution is 5.66. The van der Waals surface area contributed by atoms with Gasteiger partial charge in [-0.15, -0.1) is 0 Å². The summed E-state index contributed by atoms with van der Waals surface area (Å²) in [7, 11) is 0. The van der Waals surface area contributed by atoms with Crippen LogP contribution in [0.25, 0.3) is 5.70 Å². The summed E-state index contributed by atoms with van der Waals surface area (Å²) in [6.07, 6.45) is -4.69. The number of halogens is 4. The number of nitrogens with zero attached hydrogens (tertiary/aromatic N) is 1. The third-order valence-electron chi connectivity index (χ3n) is 1.80. The lowest BCUT2D eigenvalue weighted by Crippen LogP contribution is -2.08. The molecule has 0 saturated carbocycles. The van der Waals surface area contributed by atoms with Gasteiger partial charge in [0.1, 0.15) is 5.82 Å². The van der Waals surface area contributed by atoms with Crippen LogP contribution < -0.4 is 0 Å². The molecule has 0 N–H and O–H groups in total. The number of hydrogen-bond acceptors (Lipinski definition) is 1. The molecular weight excluding hydrogens is 210 g/mol. The van der Waals surface area contributed by atoms with Crippen LogP contribution in [0.1, 0.15) is 11.1 Å². The summed E-state index contributed by atoms with van der Waals surface area (Å²) in [5, 5.41) is 0. The van der Waals surface area contributed by atoms with Crippen LogP contribution >= 0.6 is 0 Å². The standard InChI is InChI=1S/C10H7F4N/c1-6(15-2)7-3-4-8(9(11)5-7)10(12,13)14/h3-5H,1-2H2. The lowest BCUT2D eigenvalue weighted by molar-refractivity contribution is -0.140. The van der Waals surface area contributed by atoms with Crippen molar-refractivity contribution in [3.63, 3.8) is 0 Å². The summed E-state index contributed by atoms with van der Waals surface area (Å²) in [4.78, 5) is 3.40. The summed E-state index contributed by atoms with van der Waals surface area (Å²) >= 11 is 0. The molecule has 0 heterocycles. The fourth-order valence-electron chi connectivity index (χ4n) is 1.02. The molecule has 0 aliphatic rings. The zero-order valence-corrected chi connectivity index (χ0v) is 7.61. The van der Waals surface area contributed by atoms with Crippen molar-refractivity contribution < 1.29 is 17.6 Å². The van der Waals surface area contributed by atoms with E-state index in [0.29, 0.717) is 6.07 Å². The van der Waals surface area contributed by atoms with Gasteiger partial charge in [-0.25, -0.2) is 4.39 Å². The molecule has 0 aliphatic carbocycles. The van der Waals surface area contributed by atoms with Gasteiger partial charge in [0.25, 0.3) is 0 Å². The first kappa shape index (κ1) is 11.4. The van der Waals surface area contributed by atoms with Gasteiger partial charge in [-0.1, -0.05) is 12.6 Å². The molecule has 15 heavy (non-hydrogen) atoms. The Morgan fingerprint density at radius 1 is 1.27 bits per heavy atom. The van der Waals surface area contributed by atoms with Gasteiger partial charge in [0, 0.05) is 5.56 Å². The normalized spacial score (nSPS) is 11.2. The van der Waals surface area contributed by atoms with E-state index < -0.39 is 17.6 Å². The molecule has 0 atom stereocenters. The van der Waals surface area contributed by atoms with Gasteiger partial charge in [0.2, 0.25) is 0 Å². The minimum Gasteiger partial charge on any atom is -0.265 e. The van der Waals surface area contributed by atoms with E-state index in [9.17, 15) is 17.6 Å². The summed E-state index contributed by atoms with van der Waals surface area (Å²) in [6.45, 7) is 6.54. The number of aliphatic imine (C=N–C) groups is 1. The van der Waals surface area contributed by atoms with Crippen molar-refractivity contribution in [1.29, 1.82) is 0 Å². The minimum atomic E-state index is -4.69. The van der Waals surface area contributed by atoms with E-state index >= 15 is 0 Å². The van der Waals surface area contributed by atoms with Gasteiger partial charge in [0.15, 0.2) is 0 Å². The monoisotopic (exact) mass is 217 g/mol. The van der Waals surface area contributed by atoms with Gasteiger partial charge in [-0.3, -0.25) is 4.99 Å². The highest BCUT2D eigenvalue weighted by Crippen LogP contribution is 2.32. The highest BCUT2D eigenvalue weighted by atomic mass is 19.4. The molecule has 1 nitrogen and oxygen atoms in total. The van der Waals surface area contributed by atoms with E-state index in [1.165, 1.54) is 0 Å². The molecule has 0 spiro atoms. The summed E-state index contributed by atoms with van der Waals surface area (Å²) in [5.74, 6) is -1.34. The molecule has 1 aromatic carbocycles. The fourth-order valence-corrected chi connectivity index (χ4v) is 1.02. The average molecular weight is 217 g/mol. The maximum absolute atomic E-state index is 13.0. The third-order valence-corrected chi connectivity index (χ3v) is 1.80. The van der Waals surface area contributed by atoms with Crippen molar-refractivity contribution in [2.24, 2.45) is 4.99 Å². The van der Waals surface area contributed by atoms with E-state index in [4.69, 9.17) is 0 Å². The molecule has 1 aromatic rings. The van der Waals surface area contributed by atoms with E-state index in [1.807, 2.05) is 0 Å². The lowest BCUT2D eigenvalue weighted by atomic mass is 10.1. The van der Waals surface area contributed by atoms with Crippen LogP contribution in [0.4, 0.5) is 17.6 Å². The summed E-state index contributed by atoms with van der Waals surface area (Å²) in [5.41, 5.74) is -0.999. The van der Waals surface area contributed by atoms with E-state index in [-0.39, 0.29) is 11.3 Å². The van der Waals surface area contributed by atoms with Crippen LogP contribution in [0.3, 0.4) is 0 Å². The molecule has 0 bridgehead atoms. The van der Waals surface area contributed by atoms with Crippen LogP contribution in [-0.4, -0.2) is 6.72 Å². The molecule has 0 aromatic heterocycles. The second-order valence-electron chi connectivity index (χ2n) is 2.80. The first-order valence-corrected chi connectivity index (χ1v) is 3.89. The molecule has 0 fully saturated rings. The summed E-state index contributed by atoms with van der Waals surface area (Å²) < 4.78 is 49.5. The number of benzene rings is 1. The maximum Gasteiger partial charge on any atom is 0.419 e. The van der Waals surface area contributed by atoms with Crippen molar-refractivity contribution in [3.8, 4) is 0 Å². The number of hydrogen-bond donors (Lipinski definition) is 0. The largest absolute Gasteiger partial charge is 0.419 e. The Labute approximate surface area is 83.8 Å². The van der Waals surface area contributed by atoms with Crippen molar-refractivity contribution in [2.45, 2.75) is 6.18 Å². The lowest BCUT2D eigenvalue weighted by Gasteiger charge is -2.08. The average Bonchev–Trinajstić information content (AvgIpc) is 2.14. The Hall–Kier alpha value is -1.65. The van der Waals surface area contributed by atoms with Gasteiger partial charge < -0.3 is 0 Å². The predicted octanol–water partition coefficient (Wildman–Crippen LogP) is 3.52. The van der Waals surface area contributed by atoms with Crippen molar-refractivity contribution >= 4 is 12.4 Å². The van der Waals surface area contributed by atoms with Gasteiger partial charge in [-0.2, -0.15) is 13.2 Å². The topological polar surface area (TPSA) is 12.4 Å². The van der Waals surface area contributed by atoms with Gasteiger partial charge >= 0.3 is 6.18 Å². The molecule has 0 saturated heterocycles. The van der Waals surface area contributed by atoms with Crippen LogP contribution in [0, 0.1) is 5.82 Å². The zero-order chi connectivity index (χ0) is 11.6. The molecule has 1 rings (SSSR count). The Balaban J connectivity index is 3.20. The van der Waals surface area contributed by atoms with E-state index in [1.54, 1.807) is 0 Å². The van der Waals surface area contributed by atoms with E-state index in [2.05, 4.69) is 18.3 Å². The smallest absolute Gasteiger partial charge is 0.265 e. The van der Waals surface area contributed by atoms with Gasteiger partial charge in [-0.05, 0) is 18.9 Å². The first-order chi connectivity index (χ1) is 6.86. The molecule has 80 valence electrons. The Kier molecular flexibility index (Phi) is 2.93. The third kappa shape index (κ3) is 2.43. The van der Waals surface area contributed by atoms with E-state index in [0.717, 1.165) is 12.1 Å². The maximum atomic E-state index is 13.0. The first-order valence-electron chi connectivity index (χ1n) is 3.89. The molecular formula is C10H7F4N. The van der Waals surface area contributed by atoms with Crippen molar-refractivity contribution in [1.82, 2.24) is 0 Å². The fraction of sp³-hybridized carbons (Fsp3) is 0.100. The van der Waals surface area contributed by atoms with Crippen LogP contribution in [0.5, 0.6) is 0 Å².